The van der Waals surface area contributed by atoms with Crippen molar-refractivity contribution >= 4 is 33.4 Å². The van der Waals surface area contributed by atoms with Gasteiger partial charge in [0.25, 0.3) is 11.8 Å². The van der Waals surface area contributed by atoms with Gasteiger partial charge in [-0.1, -0.05) is 13.0 Å². The molecule has 0 spiro atoms. The van der Waals surface area contributed by atoms with Crippen molar-refractivity contribution in [3.63, 3.8) is 0 Å². The van der Waals surface area contributed by atoms with Crippen LogP contribution in [0.25, 0.3) is 0 Å². The predicted molar refractivity (Wildman–Crippen MR) is 114 cm³/mol. The third kappa shape index (κ3) is 4.77. The number of morpholine rings is 1. The van der Waals surface area contributed by atoms with Crippen molar-refractivity contribution in [2.75, 3.05) is 37.8 Å². The Kier molecular flexibility index (Phi) is 7.49. The molecule has 2 aliphatic rings. The zero-order chi connectivity index (χ0) is 23.5. The monoisotopic (exact) mass is 468 g/mol. The van der Waals surface area contributed by atoms with Gasteiger partial charge in [0.2, 0.25) is 15.9 Å². The Hall–Kier alpha value is -2.54. The zero-order valence-corrected chi connectivity index (χ0v) is 18.6. The van der Waals surface area contributed by atoms with Crippen molar-refractivity contribution in [3.8, 4) is 0 Å². The molecule has 2 saturated heterocycles. The fourth-order valence-corrected chi connectivity index (χ4v) is 5.60. The maximum atomic E-state index is 13.2. The lowest BCUT2D eigenvalue weighted by molar-refractivity contribution is -0.138. The number of carbonyl (C=O) groups excluding carboxylic acids is 3. The molecule has 0 saturated carbocycles. The normalized spacial score (nSPS) is 20.4. The summed E-state index contributed by atoms with van der Waals surface area (Å²) in [6, 6.07) is 2.19. The number of carbonyl (C=O) groups is 3. The van der Waals surface area contributed by atoms with Gasteiger partial charge in [0, 0.05) is 18.8 Å². The largest absolute Gasteiger partial charge is 0.394 e. The van der Waals surface area contributed by atoms with E-state index in [0.29, 0.717) is 37.2 Å². The topological polar surface area (TPSA) is 159 Å². The molecular weight excluding hydrogens is 440 g/mol. The van der Waals surface area contributed by atoms with Gasteiger partial charge in [0.05, 0.1) is 24.2 Å². The number of nitrogens with zero attached hydrogens (tertiary/aromatic N) is 2. The van der Waals surface area contributed by atoms with Gasteiger partial charge in [-0.25, -0.2) is 8.42 Å². The highest BCUT2D eigenvalue weighted by Crippen LogP contribution is 2.29. The van der Waals surface area contributed by atoms with Crippen molar-refractivity contribution in [3.05, 3.63) is 23.8 Å². The number of hydrogen-bond acceptors (Lipinski definition) is 7. The molecular formula is C20H28N4O7S. The Labute approximate surface area is 186 Å². The summed E-state index contributed by atoms with van der Waals surface area (Å²) < 4.78 is 33.8. The van der Waals surface area contributed by atoms with E-state index in [4.69, 9.17) is 10.5 Å². The molecule has 0 bridgehead atoms. The van der Waals surface area contributed by atoms with Crippen molar-refractivity contribution in [2.45, 2.75) is 43.2 Å². The van der Waals surface area contributed by atoms with Gasteiger partial charge in [-0.05, 0) is 37.0 Å². The highest BCUT2D eigenvalue weighted by molar-refractivity contribution is 7.89. The Morgan fingerprint density at radius 3 is 2.72 bits per heavy atom. The van der Waals surface area contributed by atoms with Gasteiger partial charge in [-0.2, -0.15) is 4.72 Å². The number of aliphatic hydroxyl groups is 1. The molecule has 12 heteroatoms. The van der Waals surface area contributed by atoms with Crippen LogP contribution in [0.2, 0.25) is 0 Å². The number of nitrogens with one attached hydrogen (secondary N) is 1. The van der Waals surface area contributed by atoms with Crippen LogP contribution in [0, 0.1) is 0 Å². The van der Waals surface area contributed by atoms with Crippen LogP contribution >= 0.6 is 0 Å². The molecule has 2 fully saturated rings. The number of likely N-dealkylation sites (tertiary alicyclic amines) is 1. The maximum absolute atomic E-state index is 13.2. The number of benzene rings is 1. The molecule has 3 amide bonds. The van der Waals surface area contributed by atoms with Crippen LogP contribution in [-0.4, -0.2) is 81.1 Å². The van der Waals surface area contributed by atoms with Gasteiger partial charge < -0.3 is 25.4 Å². The highest BCUT2D eigenvalue weighted by atomic mass is 32.2. The third-order valence-corrected chi connectivity index (χ3v) is 7.21. The summed E-state index contributed by atoms with van der Waals surface area (Å²) in [5.74, 6) is -2.22. The van der Waals surface area contributed by atoms with Gasteiger partial charge in [-0.15, -0.1) is 0 Å². The minimum Gasteiger partial charge on any atom is -0.394 e. The number of anilines is 1. The first-order valence-electron chi connectivity index (χ1n) is 10.4. The lowest BCUT2D eigenvalue weighted by Gasteiger charge is -2.30. The Morgan fingerprint density at radius 1 is 1.34 bits per heavy atom. The average molecular weight is 469 g/mol. The number of rotatable bonds is 8. The van der Waals surface area contributed by atoms with E-state index in [1.807, 2.05) is 0 Å². The van der Waals surface area contributed by atoms with Crippen molar-refractivity contribution in [2.24, 2.45) is 5.73 Å². The standard InChI is InChI=1S/C20H28N4O7S/c1-2-14-15(24-9-10-31-12-17(24)26)6-3-7-16(14)32(29,30)22-18(19(21)27)20(28)23-8-4-5-13(23)11-25/h3,6-7,13,18,22,25H,2,4-5,8-12H2,1H3,(H2,21,27)/t13-,18+/m1/s1. The number of ether oxygens (including phenoxy) is 1. The molecule has 11 nitrogen and oxygen atoms in total. The average Bonchev–Trinajstić information content (AvgIpc) is 3.25. The minimum absolute atomic E-state index is 0.0987. The minimum atomic E-state index is -4.35. The SMILES string of the molecule is CCc1c(N2CCOCC2=O)cccc1S(=O)(=O)N[C@@H](C(N)=O)C(=O)N1CCC[C@@H]1CO. The summed E-state index contributed by atoms with van der Waals surface area (Å²) >= 11 is 0. The molecule has 2 aliphatic heterocycles. The Bertz CT molecular complexity index is 998. The second-order valence-electron chi connectivity index (χ2n) is 7.67. The fraction of sp³-hybridized carbons (Fsp3) is 0.550. The van der Waals surface area contributed by atoms with E-state index in [1.165, 1.54) is 21.9 Å². The zero-order valence-electron chi connectivity index (χ0n) is 17.8. The van der Waals surface area contributed by atoms with E-state index >= 15 is 0 Å². The van der Waals surface area contributed by atoms with E-state index in [9.17, 15) is 27.9 Å². The molecule has 3 rings (SSSR count). The second-order valence-corrected chi connectivity index (χ2v) is 9.35. The van der Waals surface area contributed by atoms with Crippen LogP contribution in [0.3, 0.4) is 0 Å². The van der Waals surface area contributed by atoms with Gasteiger partial charge in [0.1, 0.15) is 6.61 Å². The predicted octanol–water partition coefficient (Wildman–Crippen LogP) is -1.27. The van der Waals surface area contributed by atoms with Crippen LogP contribution in [0.5, 0.6) is 0 Å². The molecule has 0 radical (unpaired) electrons. The van der Waals surface area contributed by atoms with Gasteiger partial charge in [0.15, 0.2) is 6.04 Å². The van der Waals surface area contributed by atoms with E-state index in [1.54, 1.807) is 13.0 Å². The smallest absolute Gasteiger partial charge is 0.253 e. The number of hydrogen-bond donors (Lipinski definition) is 3. The van der Waals surface area contributed by atoms with Gasteiger partial charge >= 0.3 is 0 Å². The molecule has 1 aromatic carbocycles. The fourth-order valence-electron chi connectivity index (χ4n) is 4.12. The van der Waals surface area contributed by atoms with Crippen molar-refractivity contribution < 1.29 is 32.6 Å². The molecule has 2 heterocycles. The second kappa shape index (κ2) is 9.94. The molecule has 0 aromatic heterocycles. The first-order chi connectivity index (χ1) is 15.2. The van der Waals surface area contributed by atoms with E-state index in [0.717, 1.165) is 0 Å². The van der Waals surface area contributed by atoms with Crippen molar-refractivity contribution in [1.29, 1.82) is 0 Å². The number of amides is 3. The molecule has 32 heavy (non-hydrogen) atoms. The van der Waals surface area contributed by atoms with Crippen LogP contribution < -0.4 is 15.4 Å². The highest BCUT2D eigenvalue weighted by Gasteiger charge is 2.38. The van der Waals surface area contributed by atoms with Gasteiger partial charge in [-0.3, -0.25) is 14.4 Å². The molecule has 4 N–H and O–H groups in total. The lowest BCUT2D eigenvalue weighted by atomic mass is 10.1. The summed E-state index contributed by atoms with van der Waals surface area (Å²) in [5, 5.41) is 9.47. The van der Waals surface area contributed by atoms with Crippen LogP contribution in [0.15, 0.2) is 23.1 Å². The summed E-state index contributed by atoms with van der Waals surface area (Å²) in [6.45, 7) is 2.25. The summed E-state index contributed by atoms with van der Waals surface area (Å²) in [4.78, 5) is 39.8. The summed E-state index contributed by atoms with van der Waals surface area (Å²) in [5.41, 5.74) is 6.18. The lowest BCUT2D eigenvalue weighted by Crippen LogP contribution is -2.56. The summed E-state index contributed by atoms with van der Waals surface area (Å²) in [7, 11) is -4.35. The van der Waals surface area contributed by atoms with E-state index < -0.39 is 33.9 Å². The maximum Gasteiger partial charge on any atom is 0.253 e. The first-order valence-corrected chi connectivity index (χ1v) is 11.9. The van der Waals surface area contributed by atoms with Crippen LogP contribution in [-0.2, 0) is 35.6 Å². The number of sulfonamides is 1. The molecule has 2 atom stereocenters. The third-order valence-electron chi connectivity index (χ3n) is 5.70. The molecule has 1 aromatic rings. The number of aliphatic hydroxyl groups excluding tert-OH is 1. The Balaban J connectivity index is 1.94. The van der Waals surface area contributed by atoms with Crippen LogP contribution in [0.4, 0.5) is 5.69 Å². The Morgan fingerprint density at radius 2 is 2.09 bits per heavy atom. The first kappa shape index (κ1) is 24.1. The quantitative estimate of drug-likeness (QED) is 0.401. The van der Waals surface area contributed by atoms with E-state index in [-0.39, 0.29) is 37.0 Å². The molecule has 176 valence electrons. The van der Waals surface area contributed by atoms with Crippen molar-refractivity contribution in [1.82, 2.24) is 9.62 Å². The number of primary amides is 1. The van der Waals surface area contributed by atoms with Crippen LogP contribution in [0.1, 0.15) is 25.3 Å². The summed E-state index contributed by atoms with van der Waals surface area (Å²) in [6.07, 6.45) is 1.46. The molecule has 0 unspecified atom stereocenters. The van der Waals surface area contributed by atoms with E-state index in [2.05, 4.69) is 4.72 Å². The number of nitrogens with two attached hydrogens (primary N) is 1. The molecule has 0 aliphatic carbocycles.